The second-order valence-electron chi connectivity index (χ2n) is 11.4. The fourth-order valence-electron chi connectivity index (χ4n) is 6.79. The number of rotatable bonds is 6. The maximum absolute atomic E-state index is 13.5. The first kappa shape index (κ1) is 31.5. The maximum atomic E-state index is 13.5. The van der Waals surface area contributed by atoms with Crippen molar-refractivity contribution in [3.63, 3.8) is 0 Å². The monoisotopic (exact) mass is 658 g/mol. The van der Waals surface area contributed by atoms with Crippen molar-refractivity contribution in [3.8, 4) is 0 Å². The Morgan fingerprint density at radius 3 is 2.22 bits per heavy atom. The van der Waals surface area contributed by atoms with E-state index in [1.807, 2.05) is 17.0 Å². The molecule has 6 nitrogen and oxygen atoms in total. The number of likely N-dealkylation sites (tertiary alicyclic amines) is 3. The summed E-state index contributed by atoms with van der Waals surface area (Å²) in [6.45, 7) is 5.85. The van der Waals surface area contributed by atoms with Crippen molar-refractivity contribution < 1.29 is 9.59 Å². The van der Waals surface area contributed by atoms with Crippen molar-refractivity contribution in [1.29, 1.82) is 0 Å². The SMILES string of the molecule is Cl.Cl.O=C(c1ccncc1)N1C[C@H](CN2CCC3(CC2)CCN(Cc2ccc(Br)cc2)C3=O)[C@@H](c2ccccc2)C1. The molecular formula is C32H37BrCl2N4O2. The van der Waals surface area contributed by atoms with Gasteiger partial charge in [0.25, 0.3) is 5.91 Å². The van der Waals surface area contributed by atoms with Crippen LogP contribution < -0.4 is 0 Å². The number of nitrogens with zero attached hydrogens (tertiary/aromatic N) is 4. The molecule has 0 radical (unpaired) electrons. The molecule has 2 atom stereocenters. The number of hydrogen-bond acceptors (Lipinski definition) is 4. The predicted octanol–water partition coefficient (Wildman–Crippen LogP) is 6.06. The number of piperidine rings is 1. The Labute approximate surface area is 263 Å². The first-order chi connectivity index (χ1) is 19.0. The lowest BCUT2D eigenvalue weighted by Gasteiger charge is -2.39. The average Bonchev–Trinajstić information content (AvgIpc) is 3.53. The van der Waals surface area contributed by atoms with E-state index in [-0.39, 0.29) is 36.1 Å². The smallest absolute Gasteiger partial charge is 0.253 e. The Kier molecular flexibility index (Phi) is 10.5. The van der Waals surface area contributed by atoms with Crippen LogP contribution in [0.5, 0.6) is 0 Å². The largest absolute Gasteiger partial charge is 0.338 e. The first-order valence-electron chi connectivity index (χ1n) is 14.0. The van der Waals surface area contributed by atoms with E-state index in [9.17, 15) is 9.59 Å². The van der Waals surface area contributed by atoms with E-state index >= 15 is 0 Å². The summed E-state index contributed by atoms with van der Waals surface area (Å²) in [6, 6.07) is 22.5. The predicted molar refractivity (Wildman–Crippen MR) is 170 cm³/mol. The molecule has 0 bridgehead atoms. The summed E-state index contributed by atoms with van der Waals surface area (Å²) in [5.74, 6) is 1.09. The van der Waals surface area contributed by atoms with Gasteiger partial charge in [0.1, 0.15) is 0 Å². The Morgan fingerprint density at radius 1 is 0.878 bits per heavy atom. The van der Waals surface area contributed by atoms with Crippen LogP contribution in [0.3, 0.4) is 0 Å². The Morgan fingerprint density at radius 2 is 1.54 bits per heavy atom. The van der Waals surface area contributed by atoms with Gasteiger partial charge in [-0.1, -0.05) is 58.4 Å². The minimum Gasteiger partial charge on any atom is -0.338 e. The molecule has 0 N–H and O–H groups in total. The molecular weight excluding hydrogens is 623 g/mol. The van der Waals surface area contributed by atoms with Crippen molar-refractivity contribution in [2.24, 2.45) is 11.3 Å². The third kappa shape index (κ3) is 6.80. The van der Waals surface area contributed by atoms with E-state index < -0.39 is 0 Å². The molecule has 3 fully saturated rings. The lowest BCUT2D eigenvalue weighted by molar-refractivity contribution is -0.139. The highest BCUT2D eigenvalue weighted by Crippen LogP contribution is 2.43. The molecule has 9 heteroatoms. The molecule has 3 aliphatic heterocycles. The van der Waals surface area contributed by atoms with Gasteiger partial charge in [0.2, 0.25) is 5.91 Å². The van der Waals surface area contributed by atoms with Crippen LogP contribution in [0.25, 0.3) is 0 Å². The van der Waals surface area contributed by atoms with Crippen LogP contribution in [0.1, 0.15) is 46.7 Å². The number of halogens is 3. The van der Waals surface area contributed by atoms with Gasteiger partial charge in [-0.2, -0.15) is 0 Å². The minimum atomic E-state index is -0.205. The molecule has 6 rings (SSSR count). The van der Waals surface area contributed by atoms with Crippen LogP contribution in [-0.2, 0) is 11.3 Å². The third-order valence-corrected chi connectivity index (χ3v) is 9.61. The van der Waals surface area contributed by atoms with Gasteiger partial charge >= 0.3 is 0 Å². The van der Waals surface area contributed by atoms with Crippen LogP contribution in [0.4, 0.5) is 0 Å². The molecule has 0 aliphatic carbocycles. The highest BCUT2D eigenvalue weighted by atomic mass is 79.9. The van der Waals surface area contributed by atoms with E-state index in [0.29, 0.717) is 29.9 Å². The standard InChI is InChI=1S/C32H35BrN4O2.2ClH/c33-28-8-6-24(7-9-28)20-36-19-14-32(31(36)39)12-17-35(18-13-32)21-27-22-37(30(38)26-10-15-34-16-11-26)23-29(27)25-4-2-1-3-5-25;;/h1-11,15-16,27,29H,12-14,17-23H2;2*1H/t27-,29+;;/m0../s1. The molecule has 1 spiro atoms. The van der Waals surface area contributed by atoms with Gasteiger partial charge < -0.3 is 14.7 Å². The fourth-order valence-corrected chi connectivity index (χ4v) is 7.05. The van der Waals surface area contributed by atoms with Crippen LogP contribution >= 0.6 is 40.7 Å². The number of pyridine rings is 1. The molecule has 3 aliphatic rings. The van der Waals surface area contributed by atoms with E-state index in [1.54, 1.807) is 24.5 Å². The highest BCUT2D eigenvalue weighted by molar-refractivity contribution is 9.10. The number of amides is 2. The van der Waals surface area contributed by atoms with Gasteiger partial charge in [0.05, 0.1) is 5.41 Å². The molecule has 218 valence electrons. The summed E-state index contributed by atoms with van der Waals surface area (Å²) in [4.78, 5) is 37.5. The van der Waals surface area contributed by atoms with Gasteiger partial charge in [0, 0.05) is 61.1 Å². The summed E-state index contributed by atoms with van der Waals surface area (Å²) < 4.78 is 1.06. The number of carbonyl (C=O) groups excluding carboxylic acids is 2. The molecule has 3 aromatic rings. The number of carbonyl (C=O) groups is 2. The lowest BCUT2D eigenvalue weighted by atomic mass is 9.76. The van der Waals surface area contributed by atoms with Gasteiger partial charge in [-0.15, -0.1) is 24.8 Å². The molecule has 1 aromatic heterocycles. The second kappa shape index (κ2) is 13.7. The molecule has 0 unspecified atom stereocenters. The van der Waals surface area contributed by atoms with Crippen LogP contribution in [-0.4, -0.2) is 70.8 Å². The van der Waals surface area contributed by atoms with Crippen molar-refractivity contribution in [2.75, 3.05) is 39.3 Å². The quantitative estimate of drug-likeness (QED) is 0.323. The minimum absolute atomic E-state index is 0. The van der Waals surface area contributed by atoms with Gasteiger partial charge in [0.15, 0.2) is 0 Å². The van der Waals surface area contributed by atoms with Gasteiger partial charge in [-0.05, 0) is 73.7 Å². The molecule has 0 saturated carbocycles. The Balaban J connectivity index is 0.00000194. The molecule has 4 heterocycles. The summed E-state index contributed by atoms with van der Waals surface area (Å²) in [5, 5.41) is 0. The molecule has 2 amide bonds. The highest BCUT2D eigenvalue weighted by Gasteiger charge is 2.48. The van der Waals surface area contributed by atoms with E-state index in [4.69, 9.17) is 0 Å². The lowest BCUT2D eigenvalue weighted by Crippen LogP contribution is -2.46. The van der Waals surface area contributed by atoms with Gasteiger partial charge in [-0.25, -0.2) is 0 Å². The Hall–Kier alpha value is -2.45. The van der Waals surface area contributed by atoms with Crippen molar-refractivity contribution in [3.05, 3.63) is 100 Å². The molecule has 3 saturated heterocycles. The van der Waals surface area contributed by atoms with E-state index in [0.717, 1.165) is 63.0 Å². The molecule has 41 heavy (non-hydrogen) atoms. The average molecular weight is 660 g/mol. The van der Waals surface area contributed by atoms with Crippen molar-refractivity contribution >= 4 is 52.6 Å². The number of hydrogen-bond donors (Lipinski definition) is 0. The summed E-state index contributed by atoms with van der Waals surface area (Å²) in [5.41, 5.74) is 2.98. The summed E-state index contributed by atoms with van der Waals surface area (Å²) >= 11 is 3.50. The van der Waals surface area contributed by atoms with Crippen LogP contribution in [0.15, 0.2) is 83.6 Å². The summed E-state index contributed by atoms with van der Waals surface area (Å²) in [7, 11) is 0. The fraction of sp³-hybridized carbons (Fsp3) is 0.406. The number of aromatic nitrogens is 1. The van der Waals surface area contributed by atoms with E-state index in [1.165, 1.54) is 11.1 Å². The maximum Gasteiger partial charge on any atom is 0.253 e. The van der Waals surface area contributed by atoms with Crippen molar-refractivity contribution in [2.45, 2.75) is 31.7 Å². The van der Waals surface area contributed by atoms with Crippen molar-refractivity contribution in [1.82, 2.24) is 19.7 Å². The third-order valence-electron chi connectivity index (χ3n) is 9.08. The first-order valence-corrected chi connectivity index (χ1v) is 14.8. The normalized spacial score (nSPS) is 21.9. The molecule has 2 aromatic carbocycles. The van der Waals surface area contributed by atoms with Crippen LogP contribution in [0, 0.1) is 11.3 Å². The Bertz CT molecular complexity index is 1300. The number of benzene rings is 2. The topological polar surface area (TPSA) is 56.8 Å². The zero-order valence-corrected chi connectivity index (χ0v) is 26.3. The zero-order chi connectivity index (χ0) is 26.8. The summed E-state index contributed by atoms with van der Waals surface area (Å²) in [6.07, 6.45) is 6.17. The van der Waals surface area contributed by atoms with Gasteiger partial charge in [-0.3, -0.25) is 14.6 Å². The van der Waals surface area contributed by atoms with E-state index in [2.05, 4.69) is 73.2 Å². The second-order valence-corrected chi connectivity index (χ2v) is 12.3. The zero-order valence-electron chi connectivity index (χ0n) is 23.0. The van der Waals surface area contributed by atoms with Crippen LogP contribution in [0.2, 0.25) is 0 Å².